The Labute approximate surface area is 177 Å². The van der Waals surface area contributed by atoms with Gasteiger partial charge in [0.05, 0.1) is 31.1 Å². The highest BCUT2D eigenvalue weighted by Crippen LogP contribution is 2.35. The number of likely N-dealkylation sites (tertiary alicyclic amines) is 1. The van der Waals surface area contributed by atoms with Gasteiger partial charge in [-0.15, -0.1) is 0 Å². The molecule has 0 saturated carbocycles. The number of carbonyl (C=O) groups excluding carboxylic acids is 2. The van der Waals surface area contributed by atoms with Crippen molar-refractivity contribution in [2.75, 3.05) is 50.0 Å². The Morgan fingerprint density at radius 3 is 2.53 bits per heavy atom. The van der Waals surface area contributed by atoms with E-state index in [9.17, 15) is 18.0 Å². The number of anilines is 1. The van der Waals surface area contributed by atoms with Gasteiger partial charge in [0.2, 0.25) is 15.9 Å². The fraction of sp³-hybridized carbons (Fsp3) is 0.619. The summed E-state index contributed by atoms with van der Waals surface area (Å²) >= 11 is 0. The number of piperidine rings is 1. The molecule has 2 atom stereocenters. The van der Waals surface area contributed by atoms with Crippen molar-refractivity contribution in [2.24, 2.45) is 5.92 Å². The van der Waals surface area contributed by atoms with Crippen LogP contribution in [-0.2, 0) is 26.0 Å². The lowest BCUT2D eigenvalue weighted by Crippen LogP contribution is -2.49. The summed E-state index contributed by atoms with van der Waals surface area (Å²) in [6, 6.07) is 5.08. The maximum atomic E-state index is 13.2. The molecule has 2 fully saturated rings. The van der Waals surface area contributed by atoms with Gasteiger partial charge in [-0.2, -0.15) is 0 Å². The van der Waals surface area contributed by atoms with Crippen LogP contribution in [-0.4, -0.2) is 81.7 Å². The average molecular weight is 436 g/mol. The van der Waals surface area contributed by atoms with Crippen LogP contribution in [0.2, 0.25) is 0 Å². The molecule has 2 amide bonds. The minimum atomic E-state index is -3.36. The molecule has 164 valence electrons. The SMILES string of the molecule is C[C@H]1Cc2cc(C(=O)N3CCC[C@H](C(=O)N4CCOCC4)C3)ccc2N1S(C)(=O)=O. The third-order valence-electron chi connectivity index (χ3n) is 6.22. The van der Waals surface area contributed by atoms with Gasteiger partial charge in [0, 0.05) is 37.8 Å². The first-order valence-corrected chi connectivity index (χ1v) is 12.4. The van der Waals surface area contributed by atoms with Crippen molar-refractivity contribution in [1.82, 2.24) is 9.80 Å². The minimum absolute atomic E-state index is 0.0947. The minimum Gasteiger partial charge on any atom is -0.378 e. The fourth-order valence-electron chi connectivity index (χ4n) is 4.83. The Morgan fingerprint density at radius 2 is 1.83 bits per heavy atom. The van der Waals surface area contributed by atoms with Crippen LogP contribution in [0.1, 0.15) is 35.7 Å². The molecule has 3 aliphatic heterocycles. The van der Waals surface area contributed by atoms with Crippen LogP contribution >= 0.6 is 0 Å². The van der Waals surface area contributed by atoms with E-state index in [-0.39, 0.29) is 23.8 Å². The molecule has 9 heteroatoms. The molecule has 8 nitrogen and oxygen atoms in total. The van der Waals surface area contributed by atoms with E-state index in [1.165, 1.54) is 10.6 Å². The number of sulfonamides is 1. The van der Waals surface area contributed by atoms with Gasteiger partial charge in [0.1, 0.15) is 0 Å². The number of amides is 2. The number of hydrogen-bond acceptors (Lipinski definition) is 5. The zero-order valence-electron chi connectivity index (χ0n) is 17.5. The van der Waals surface area contributed by atoms with Gasteiger partial charge in [-0.25, -0.2) is 8.42 Å². The summed E-state index contributed by atoms with van der Waals surface area (Å²) in [6.07, 6.45) is 3.39. The van der Waals surface area contributed by atoms with Crippen molar-refractivity contribution in [3.63, 3.8) is 0 Å². The maximum Gasteiger partial charge on any atom is 0.253 e. The van der Waals surface area contributed by atoms with Gasteiger partial charge in [0.15, 0.2) is 0 Å². The van der Waals surface area contributed by atoms with Crippen LogP contribution in [0.4, 0.5) is 5.69 Å². The van der Waals surface area contributed by atoms with Crippen molar-refractivity contribution < 1.29 is 22.7 Å². The van der Waals surface area contributed by atoms with Crippen LogP contribution in [0.25, 0.3) is 0 Å². The first kappa shape index (κ1) is 21.1. The van der Waals surface area contributed by atoms with Crippen molar-refractivity contribution in [2.45, 2.75) is 32.2 Å². The molecule has 0 radical (unpaired) electrons. The molecular formula is C21H29N3O5S. The maximum absolute atomic E-state index is 13.2. The van der Waals surface area contributed by atoms with E-state index >= 15 is 0 Å². The topological polar surface area (TPSA) is 87.2 Å². The highest BCUT2D eigenvalue weighted by atomic mass is 32.2. The second-order valence-electron chi connectivity index (χ2n) is 8.48. The molecule has 1 aromatic carbocycles. The highest BCUT2D eigenvalue weighted by molar-refractivity contribution is 7.92. The molecule has 0 spiro atoms. The van der Waals surface area contributed by atoms with Gasteiger partial charge in [-0.05, 0) is 49.9 Å². The summed E-state index contributed by atoms with van der Waals surface area (Å²) in [5, 5.41) is 0. The molecular weight excluding hydrogens is 406 g/mol. The Bertz CT molecular complexity index is 942. The van der Waals surface area contributed by atoms with E-state index in [4.69, 9.17) is 4.74 Å². The van der Waals surface area contributed by atoms with Crippen molar-refractivity contribution in [1.29, 1.82) is 0 Å². The Morgan fingerprint density at radius 1 is 1.10 bits per heavy atom. The summed E-state index contributed by atoms with van der Waals surface area (Å²) in [5.41, 5.74) is 2.08. The van der Waals surface area contributed by atoms with Gasteiger partial charge < -0.3 is 14.5 Å². The number of carbonyl (C=O) groups is 2. The Balaban J connectivity index is 1.48. The number of benzene rings is 1. The first-order chi connectivity index (χ1) is 14.3. The fourth-order valence-corrected chi connectivity index (χ4v) is 6.09. The lowest BCUT2D eigenvalue weighted by molar-refractivity contribution is -0.141. The molecule has 3 aliphatic rings. The van der Waals surface area contributed by atoms with E-state index in [0.717, 1.165) is 18.4 Å². The quantitative estimate of drug-likeness (QED) is 0.710. The van der Waals surface area contributed by atoms with E-state index in [1.807, 2.05) is 17.9 Å². The van der Waals surface area contributed by atoms with Crippen molar-refractivity contribution in [3.05, 3.63) is 29.3 Å². The second-order valence-corrected chi connectivity index (χ2v) is 10.3. The predicted octanol–water partition coefficient (Wildman–Crippen LogP) is 1.11. The number of fused-ring (bicyclic) bond motifs is 1. The van der Waals surface area contributed by atoms with E-state index in [1.54, 1.807) is 17.0 Å². The lowest BCUT2D eigenvalue weighted by Gasteiger charge is -2.36. The molecule has 0 aliphatic carbocycles. The van der Waals surface area contributed by atoms with Gasteiger partial charge in [0.25, 0.3) is 5.91 Å². The standard InChI is InChI=1S/C21H29N3O5S/c1-15-12-18-13-16(5-6-19(18)24(15)30(2,27)28)20(25)23-7-3-4-17(14-23)21(26)22-8-10-29-11-9-22/h5-6,13,15,17H,3-4,7-12,14H2,1-2H3/t15-,17-/m0/s1. The molecule has 1 aromatic rings. The van der Waals surface area contributed by atoms with E-state index in [0.29, 0.717) is 57.1 Å². The predicted molar refractivity (Wildman–Crippen MR) is 113 cm³/mol. The smallest absolute Gasteiger partial charge is 0.253 e. The van der Waals surface area contributed by atoms with Crippen LogP contribution in [0.15, 0.2) is 18.2 Å². The molecule has 0 N–H and O–H groups in total. The van der Waals surface area contributed by atoms with Gasteiger partial charge in [-0.3, -0.25) is 13.9 Å². The monoisotopic (exact) mass is 435 g/mol. The van der Waals surface area contributed by atoms with Crippen LogP contribution in [0, 0.1) is 5.92 Å². The zero-order valence-corrected chi connectivity index (χ0v) is 18.4. The van der Waals surface area contributed by atoms with E-state index < -0.39 is 10.0 Å². The third-order valence-corrected chi connectivity index (χ3v) is 7.49. The molecule has 30 heavy (non-hydrogen) atoms. The molecule has 0 aromatic heterocycles. The van der Waals surface area contributed by atoms with Crippen molar-refractivity contribution >= 4 is 27.5 Å². The van der Waals surface area contributed by atoms with Crippen molar-refractivity contribution in [3.8, 4) is 0 Å². The summed E-state index contributed by atoms with van der Waals surface area (Å²) < 4.78 is 31.0. The van der Waals surface area contributed by atoms with Gasteiger partial charge in [-0.1, -0.05) is 0 Å². The molecule has 0 unspecified atom stereocenters. The van der Waals surface area contributed by atoms with Crippen LogP contribution < -0.4 is 4.31 Å². The highest BCUT2D eigenvalue weighted by Gasteiger charge is 2.35. The Kier molecular flexibility index (Phi) is 5.76. The lowest BCUT2D eigenvalue weighted by atomic mass is 9.95. The summed E-state index contributed by atoms with van der Waals surface area (Å²) in [4.78, 5) is 29.6. The van der Waals surface area contributed by atoms with Crippen LogP contribution in [0.5, 0.6) is 0 Å². The molecule has 4 rings (SSSR count). The second kappa shape index (κ2) is 8.19. The normalized spacial score (nSPS) is 24.7. The first-order valence-electron chi connectivity index (χ1n) is 10.5. The summed E-state index contributed by atoms with van der Waals surface area (Å²) in [7, 11) is -3.36. The Hall–Kier alpha value is -2.13. The molecule has 0 bridgehead atoms. The summed E-state index contributed by atoms with van der Waals surface area (Å²) in [6.45, 7) is 5.30. The largest absolute Gasteiger partial charge is 0.378 e. The third kappa shape index (κ3) is 4.05. The van der Waals surface area contributed by atoms with Crippen LogP contribution in [0.3, 0.4) is 0 Å². The molecule has 3 heterocycles. The number of ether oxygens (including phenoxy) is 1. The number of hydrogen-bond donors (Lipinski definition) is 0. The number of morpholine rings is 1. The average Bonchev–Trinajstić information content (AvgIpc) is 3.08. The zero-order chi connectivity index (χ0) is 21.5. The van der Waals surface area contributed by atoms with E-state index in [2.05, 4.69) is 0 Å². The number of nitrogens with zero attached hydrogens (tertiary/aromatic N) is 3. The number of rotatable bonds is 3. The summed E-state index contributed by atoms with van der Waals surface area (Å²) in [5.74, 6) is -0.152. The molecule has 2 saturated heterocycles. The van der Waals surface area contributed by atoms with Gasteiger partial charge >= 0.3 is 0 Å².